The zero-order valence-corrected chi connectivity index (χ0v) is 11.4. The Balaban J connectivity index is 1.93. The van der Waals surface area contributed by atoms with Gasteiger partial charge in [0.15, 0.2) is 4.67 Å². The molecule has 1 heterocycles. The molecular formula is C13H16BrNO2. The average Bonchev–Trinajstić information content (AvgIpc) is 2.75. The van der Waals surface area contributed by atoms with Crippen LogP contribution in [0.5, 0.6) is 0 Å². The van der Waals surface area contributed by atoms with Gasteiger partial charge in [-0.1, -0.05) is 12.2 Å². The fourth-order valence-corrected chi connectivity index (χ4v) is 2.42. The molecule has 0 bridgehead atoms. The maximum atomic E-state index is 12.1. The first-order valence-electron chi connectivity index (χ1n) is 5.81. The minimum absolute atomic E-state index is 0.142. The highest BCUT2D eigenvalue weighted by Crippen LogP contribution is 2.21. The number of carbonyl (C=O) groups is 1. The summed E-state index contributed by atoms with van der Waals surface area (Å²) in [5.74, 6) is 1.16. The summed E-state index contributed by atoms with van der Waals surface area (Å²) in [5.41, 5.74) is 0. The van der Waals surface area contributed by atoms with Gasteiger partial charge in [-0.05, 0) is 47.3 Å². The first-order valence-corrected chi connectivity index (χ1v) is 6.60. The van der Waals surface area contributed by atoms with Gasteiger partial charge in [-0.15, -0.1) is 0 Å². The Hall–Kier alpha value is -1.03. The maximum absolute atomic E-state index is 12.1. The van der Waals surface area contributed by atoms with E-state index < -0.39 is 0 Å². The molecule has 1 aromatic rings. The summed E-state index contributed by atoms with van der Waals surface area (Å²) in [6.45, 7) is 0.532. The second-order valence-corrected chi connectivity index (χ2v) is 5.16. The highest BCUT2D eigenvalue weighted by Gasteiger charge is 2.22. The van der Waals surface area contributed by atoms with Crippen LogP contribution in [-0.2, 0) is 11.3 Å². The van der Waals surface area contributed by atoms with Gasteiger partial charge >= 0.3 is 0 Å². The van der Waals surface area contributed by atoms with Gasteiger partial charge in [-0.25, -0.2) is 0 Å². The molecule has 3 nitrogen and oxygen atoms in total. The lowest BCUT2D eigenvalue weighted by atomic mass is 9.93. The number of amides is 1. The van der Waals surface area contributed by atoms with Crippen LogP contribution in [0.15, 0.2) is 33.4 Å². The van der Waals surface area contributed by atoms with Gasteiger partial charge in [-0.2, -0.15) is 0 Å². The molecule has 17 heavy (non-hydrogen) atoms. The van der Waals surface area contributed by atoms with Gasteiger partial charge in [0.1, 0.15) is 5.76 Å². The van der Waals surface area contributed by atoms with Crippen molar-refractivity contribution in [2.24, 2.45) is 5.92 Å². The number of halogens is 1. The molecular weight excluding hydrogens is 282 g/mol. The first kappa shape index (κ1) is 12.4. The van der Waals surface area contributed by atoms with E-state index in [1.165, 1.54) is 0 Å². The van der Waals surface area contributed by atoms with Crippen LogP contribution in [-0.4, -0.2) is 17.9 Å². The molecule has 1 atom stereocenters. The van der Waals surface area contributed by atoms with Crippen molar-refractivity contribution in [2.45, 2.75) is 25.8 Å². The topological polar surface area (TPSA) is 33.5 Å². The van der Waals surface area contributed by atoms with Crippen LogP contribution in [0.4, 0.5) is 0 Å². The van der Waals surface area contributed by atoms with E-state index in [0.717, 1.165) is 25.0 Å². The molecule has 0 aliphatic heterocycles. The third-order valence-electron chi connectivity index (χ3n) is 3.02. The number of furan rings is 1. The second-order valence-electron chi connectivity index (χ2n) is 4.38. The summed E-state index contributed by atoms with van der Waals surface area (Å²) in [5, 5.41) is 0. The number of rotatable bonds is 3. The van der Waals surface area contributed by atoms with E-state index >= 15 is 0 Å². The first-order chi connectivity index (χ1) is 8.16. The van der Waals surface area contributed by atoms with Crippen molar-refractivity contribution in [3.05, 3.63) is 34.7 Å². The zero-order valence-electron chi connectivity index (χ0n) is 9.86. The number of hydrogen-bond donors (Lipinski definition) is 0. The monoisotopic (exact) mass is 297 g/mol. The average molecular weight is 298 g/mol. The van der Waals surface area contributed by atoms with Crippen LogP contribution in [0.25, 0.3) is 0 Å². The van der Waals surface area contributed by atoms with Crippen LogP contribution < -0.4 is 0 Å². The summed E-state index contributed by atoms with van der Waals surface area (Å²) in [6.07, 6.45) is 7.08. The Morgan fingerprint density at radius 2 is 2.35 bits per heavy atom. The molecule has 2 rings (SSSR count). The van der Waals surface area contributed by atoms with E-state index in [-0.39, 0.29) is 11.8 Å². The van der Waals surface area contributed by atoms with E-state index in [0.29, 0.717) is 11.2 Å². The van der Waals surface area contributed by atoms with Gasteiger partial charge in [0.2, 0.25) is 5.91 Å². The van der Waals surface area contributed by atoms with Crippen LogP contribution in [0, 0.1) is 5.92 Å². The van der Waals surface area contributed by atoms with E-state index in [9.17, 15) is 4.79 Å². The highest BCUT2D eigenvalue weighted by atomic mass is 79.9. The molecule has 0 N–H and O–H groups in total. The molecule has 0 fully saturated rings. The van der Waals surface area contributed by atoms with E-state index in [1.54, 1.807) is 4.90 Å². The molecule has 1 aliphatic carbocycles. The molecule has 1 unspecified atom stereocenters. The molecule has 1 amide bonds. The summed E-state index contributed by atoms with van der Waals surface area (Å²) in [6, 6.07) is 3.73. The molecule has 0 saturated carbocycles. The predicted octanol–water partition coefficient (Wildman–Crippen LogP) is 3.36. The third kappa shape index (κ3) is 3.22. The molecule has 0 radical (unpaired) electrons. The normalized spacial score (nSPS) is 19.3. The fraction of sp³-hybridized carbons (Fsp3) is 0.462. The quantitative estimate of drug-likeness (QED) is 0.802. The van der Waals surface area contributed by atoms with Crippen molar-refractivity contribution in [2.75, 3.05) is 7.05 Å². The summed E-state index contributed by atoms with van der Waals surface area (Å²) < 4.78 is 6.10. The lowest BCUT2D eigenvalue weighted by molar-refractivity contribution is -0.135. The largest absolute Gasteiger partial charge is 0.452 e. The van der Waals surface area contributed by atoms with Crippen molar-refractivity contribution in [1.82, 2.24) is 4.90 Å². The molecule has 4 heteroatoms. The van der Waals surface area contributed by atoms with Crippen LogP contribution in [0.3, 0.4) is 0 Å². The molecule has 0 saturated heterocycles. The van der Waals surface area contributed by atoms with Crippen molar-refractivity contribution < 1.29 is 9.21 Å². The van der Waals surface area contributed by atoms with E-state index in [2.05, 4.69) is 28.1 Å². The molecule has 1 aliphatic rings. The van der Waals surface area contributed by atoms with Crippen LogP contribution in [0.1, 0.15) is 25.0 Å². The SMILES string of the molecule is CN(Cc1ccc(Br)o1)C(=O)C1CC=CCC1. The number of allylic oxidation sites excluding steroid dienone is 2. The van der Waals surface area contributed by atoms with Crippen molar-refractivity contribution in [3.63, 3.8) is 0 Å². The van der Waals surface area contributed by atoms with Crippen LogP contribution >= 0.6 is 15.9 Å². The number of carbonyl (C=O) groups excluding carboxylic acids is 1. The maximum Gasteiger partial charge on any atom is 0.226 e. The number of nitrogens with zero attached hydrogens (tertiary/aromatic N) is 1. The fourth-order valence-electron chi connectivity index (χ4n) is 2.08. The lowest BCUT2D eigenvalue weighted by Gasteiger charge is -2.23. The molecule has 92 valence electrons. The van der Waals surface area contributed by atoms with Crippen molar-refractivity contribution in [3.8, 4) is 0 Å². The summed E-state index contributed by atoms with van der Waals surface area (Å²) in [4.78, 5) is 13.9. The van der Waals surface area contributed by atoms with E-state index in [1.807, 2.05) is 19.2 Å². The van der Waals surface area contributed by atoms with E-state index in [4.69, 9.17) is 4.42 Å². The summed E-state index contributed by atoms with van der Waals surface area (Å²) in [7, 11) is 1.83. The minimum atomic E-state index is 0.142. The standard InChI is InChI=1S/C13H16BrNO2/c1-15(9-11-7-8-12(14)17-11)13(16)10-5-3-2-4-6-10/h2-3,7-8,10H,4-6,9H2,1H3. The van der Waals surface area contributed by atoms with Gasteiger partial charge in [0, 0.05) is 13.0 Å². The Morgan fingerprint density at radius 1 is 1.53 bits per heavy atom. The smallest absolute Gasteiger partial charge is 0.226 e. The van der Waals surface area contributed by atoms with Crippen molar-refractivity contribution in [1.29, 1.82) is 0 Å². The Morgan fingerprint density at radius 3 is 2.94 bits per heavy atom. The van der Waals surface area contributed by atoms with Crippen molar-refractivity contribution >= 4 is 21.8 Å². The molecule has 1 aromatic heterocycles. The van der Waals surface area contributed by atoms with Gasteiger partial charge in [0.25, 0.3) is 0 Å². The van der Waals surface area contributed by atoms with Gasteiger partial charge in [0.05, 0.1) is 6.54 Å². The Labute approximate surface area is 110 Å². The summed E-state index contributed by atoms with van der Waals surface area (Å²) >= 11 is 3.26. The molecule has 0 spiro atoms. The highest BCUT2D eigenvalue weighted by molar-refractivity contribution is 9.10. The Kier molecular flexibility index (Phi) is 4.05. The zero-order chi connectivity index (χ0) is 12.3. The molecule has 0 aromatic carbocycles. The lowest BCUT2D eigenvalue weighted by Crippen LogP contribution is -2.32. The Bertz CT molecular complexity index is 425. The number of hydrogen-bond acceptors (Lipinski definition) is 2. The second kappa shape index (κ2) is 5.54. The minimum Gasteiger partial charge on any atom is -0.452 e. The predicted molar refractivity (Wildman–Crippen MR) is 69.4 cm³/mol. The van der Waals surface area contributed by atoms with Crippen LogP contribution in [0.2, 0.25) is 0 Å². The third-order valence-corrected chi connectivity index (χ3v) is 3.44. The van der Waals surface area contributed by atoms with Gasteiger partial charge < -0.3 is 9.32 Å². The van der Waals surface area contributed by atoms with Gasteiger partial charge in [-0.3, -0.25) is 4.79 Å².